The standard InChI is InChI=1S/C9H9ClO.C6H6O.C3H5Cl/c1-2-4-7-5-3-6-8(11)9(7)10;7-6-4-2-1-3-5-6;1-2-3-4/h2-3,5-6,11H,1,4H2;1-5,7H;2H,1,3H2. The second-order valence-electron chi connectivity index (χ2n) is 4.02. The fourth-order valence-corrected chi connectivity index (χ4v) is 1.51. The molecule has 2 N–H and O–H groups in total. The molecular weight excluding hydrogens is 319 g/mol. The van der Waals surface area contributed by atoms with E-state index in [1.54, 1.807) is 48.6 Å². The van der Waals surface area contributed by atoms with Crippen LogP contribution < -0.4 is 0 Å². The fourth-order valence-electron chi connectivity index (χ4n) is 1.31. The summed E-state index contributed by atoms with van der Waals surface area (Å²) in [6.07, 6.45) is 4.08. The summed E-state index contributed by atoms with van der Waals surface area (Å²) in [5.41, 5.74) is 0.904. The van der Waals surface area contributed by atoms with Gasteiger partial charge in [0.25, 0.3) is 0 Å². The zero-order valence-corrected chi connectivity index (χ0v) is 13.8. The van der Waals surface area contributed by atoms with Gasteiger partial charge in [0.15, 0.2) is 0 Å². The number of phenols is 2. The highest BCUT2D eigenvalue weighted by Crippen LogP contribution is 2.26. The molecule has 0 aliphatic rings. The van der Waals surface area contributed by atoms with Crippen LogP contribution >= 0.6 is 23.2 Å². The number of hydrogen-bond donors (Lipinski definition) is 2. The third-order valence-corrected chi connectivity index (χ3v) is 2.94. The summed E-state index contributed by atoms with van der Waals surface area (Å²) in [4.78, 5) is 0. The van der Waals surface area contributed by atoms with Gasteiger partial charge in [-0.15, -0.1) is 24.8 Å². The molecule has 2 rings (SSSR count). The lowest BCUT2D eigenvalue weighted by molar-refractivity contribution is 0.474. The van der Waals surface area contributed by atoms with Gasteiger partial charge >= 0.3 is 0 Å². The first kappa shape index (κ1) is 20.1. The zero-order valence-electron chi connectivity index (χ0n) is 12.3. The maximum absolute atomic E-state index is 9.16. The Bertz CT molecular complexity index is 554. The average molecular weight is 339 g/mol. The van der Waals surface area contributed by atoms with E-state index in [-0.39, 0.29) is 5.75 Å². The molecule has 0 spiro atoms. The van der Waals surface area contributed by atoms with Crippen molar-refractivity contribution in [2.75, 3.05) is 5.88 Å². The van der Waals surface area contributed by atoms with Crippen LogP contribution in [0, 0.1) is 0 Å². The molecular formula is C18H20Cl2O2. The molecule has 118 valence electrons. The number of hydrogen-bond acceptors (Lipinski definition) is 2. The van der Waals surface area contributed by atoms with Crippen LogP contribution in [0.1, 0.15) is 5.56 Å². The van der Waals surface area contributed by atoms with E-state index in [4.69, 9.17) is 33.4 Å². The van der Waals surface area contributed by atoms with E-state index in [2.05, 4.69) is 13.2 Å². The topological polar surface area (TPSA) is 40.5 Å². The minimum absolute atomic E-state index is 0.131. The molecule has 0 aliphatic carbocycles. The molecule has 2 aromatic rings. The first-order valence-corrected chi connectivity index (χ1v) is 7.46. The molecule has 0 aliphatic heterocycles. The van der Waals surface area contributed by atoms with E-state index in [1.165, 1.54) is 0 Å². The van der Waals surface area contributed by atoms with Crippen LogP contribution in [0.15, 0.2) is 73.8 Å². The van der Waals surface area contributed by atoms with Crippen LogP contribution in [0.5, 0.6) is 11.5 Å². The van der Waals surface area contributed by atoms with Crippen molar-refractivity contribution in [3.63, 3.8) is 0 Å². The van der Waals surface area contributed by atoms with Crippen molar-refractivity contribution in [2.45, 2.75) is 6.42 Å². The Hall–Kier alpha value is -1.90. The number of halogens is 2. The van der Waals surface area contributed by atoms with Crippen molar-refractivity contribution in [2.24, 2.45) is 0 Å². The molecule has 2 nitrogen and oxygen atoms in total. The van der Waals surface area contributed by atoms with Gasteiger partial charge in [0, 0.05) is 5.88 Å². The van der Waals surface area contributed by atoms with E-state index in [0.29, 0.717) is 23.1 Å². The van der Waals surface area contributed by atoms with Crippen LogP contribution in [-0.4, -0.2) is 16.1 Å². The molecule has 0 saturated heterocycles. The van der Waals surface area contributed by atoms with E-state index >= 15 is 0 Å². The smallest absolute Gasteiger partial charge is 0.134 e. The number of rotatable bonds is 3. The Morgan fingerprint density at radius 2 is 1.50 bits per heavy atom. The van der Waals surface area contributed by atoms with Gasteiger partial charge in [0.1, 0.15) is 11.5 Å². The zero-order chi connectivity index (χ0) is 16.8. The number of allylic oxidation sites excluding steroid dienone is 2. The number of benzene rings is 2. The number of aromatic hydroxyl groups is 2. The molecule has 0 unspecified atom stereocenters. The van der Waals surface area contributed by atoms with Crippen molar-refractivity contribution in [1.29, 1.82) is 0 Å². The summed E-state index contributed by atoms with van der Waals surface area (Å²) < 4.78 is 0. The summed E-state index contributed by atoms with van der Waals surface area (Å²) in [5.74, 6) is 1.01. The van der Waals surface area contributed by atoms with Crippen molar-refractivity contribution >= 4 is 23.2 Å². The van der Waals surface area contributed by atoms with E-state index in [1.807, 2.05) is 12.1 Å². The number of phenolic OH excluding ortho intramolecular Hbond substituents is 2. The van der Waals surface area contributed by atoms with Crippen molar-refractivity contribution in [3.05, 3.63) is 84.4 Å². The molecule has 0 radical (unpaired) electrons. The molecule has 0 aromatic heterocycles. The van der Waals surface area contributed by atoms with Gasteiger partial charge in [-0.25, -0.2) is 0 Å². The van der Waals surface area contributed by atoms with Crippen molar-refractivity contribution in [1.82, 2.24) is 0 Å². The Balaban J connectivity index is 0.000000343. The third kappa shape index (κ3) is 9.11. The lowest BCUT2D eigenvalue weighted by Gasteiger charge is -2.01. The highest BCUT2D eigenvalue weighted by molar-refractivity contribution is 6.32. The first-order chi connectivity index (χ1) is 10.6. The summed E-state index contributed by atoms with van der Waals surface area (Å²) in [7, 11) is 0. The molecule has 0 fully saturated rings. The molecule has 0 bridgehead atoms. The van der Waals surface area contributed by atoms with Gasteiger partial charge < -0.3 is 10.2 Å². The predicted octanol–water partition coefficient (Wildman–Crippen LogP) is 5.58. The van der Waals surface area contributed by atoms with Gasteiger partial charge in [0.2, 0.25) is 0 Å². The van der Waals surface area contributed by atoms with Gasteiger partial charge in [-0.2, -0.15) is 0 Å². The highest BCUT2D eigenvalue weighted by atomic mass is 35.5. The predicted molar refractivity (Wildman–Crippen MR) is 96.0 cm³/mol. The second-order valence-corrected chi connectivity index (χ2v) is 4.71. The molecule has 0 amide bonds. The summed E-state index contributed by atoms with van der Waals surface area (Å²) >= 11 is 10.8. The van der Waals surface area contributed by atoms with Gasteiger partial charge in [-0.05, 0) is 30.2 Å². The molecule has 0 heterocycles. The molecule has 22 heavy (non-hydrogen) atoms. The summed E-state index contributed by atoms with van der Waals surface area (Å²) in [6, 6.07) is 13.9. The van der Waals surface area contributed by atoms with Crippen molar-refractivity contribution < 1.29 is 10.2 Å². The molecule has 4 heteroatoms. The Labute approximate surface area is 142 Å². The van der Waals surface area contributed by atoms with Crippen LogP contribution in [0.3, 0.4) is 0 Å². The summed E-state index contributed by atoms with van der Waals surface area (Å²) in [6.45, 7) is 6.93. The van der Waals surface area contributed by atoms with E-state index in [9.17, 15) is 0 Å². The minimum Gasteiger partial charge on any atom is -0.508 e. The van der Waals surface area contributed by atoms with Crippen LogP contribution in [0.4, 0.5) is 0 Å². The molecule has 0 saturated carbocycles. The second kappa shape index (κ2) is 12.8. The van der Waals surface area contributed by atoms with E-state index < -0.39 is 0 Å². The fraction of sp³-hybridized carbons (Fsp3) is 0.111. The Kier molecular flexibility index (Phi) is 11.7. The largest absolute Gasteiger partial charge is 0.508 e. The first-order valence-electron chi connectivity index (χ1n) is 6.54. The van der Waals surface area contributed by atoms with Gasteiger partial charge in [-0.1, -0.05) is 54.1 Å². The lowest BCUT2D eigenvalue weighted by Crippen LogP contribution is -1.81. The van der Waals surface area contributed by atoms with Crippen molar-refractivity contribution in [3.8, 4) is 11.5 Å². The third-order valence-electron chi connectivity index (χ3n) is 2.29. The van der Waals surface area contributed by atoms with Crippen LogP contribution in [0.2, 0.25) is 5.02 Å². The van der Waals surface area contributed by atoms with E-state index in [0.717, 1.165) is 5.56 Å². The molecule has 2 aromatic carbocycles. The average Bonchev–Trinajstić information content (AvgIpc) is 2.54. The maximum atomic E-state index is 9.16. The summed E-state index contributed by atoms with van der Waals surface area (Å²) in [5, 5.41) is 18.2. The minimum atomic E-state index is 0.131. The van der Waals surface area contributed by atoms with Gasteiger partial charge in [0.05, 0.1) is 5.02 Å². The Morgan fingerprint density at radius 3 is 1.91 bits per heavy atom. The number of para-hydroxylation sites is 1. The SMILES string of the molecule is C=CCCl.C=CCc1cccc(O)c1Cl.Oc1ccccc1. The number of alkyl halides is 1. The lowest BCUT2D eigenvalue weighted by atomic mass is 10.1. The van der Waals surface area contributed by atoms with Gasteiger partial charge in [-0.3, -0.25) is 0 Å². The quantitative estimate of drug-likeness (QED) is 0.566. The monoisotopic (exact) mass is 338 g/mol. The highest BCUT2D eigenvalue weighted by Gasteiger charge is 2.01. The maximum Gasteiger partial charge on any atom is 0.134 e. The normalized spacial score (nSPS) is 8.64. The van der Waals surface area contributed by atoms with Crippen LogP contribution in [0.25, 0.3) is 0 Å². The Morgan fingerprint density at radius 1 is 0.909 bits per heavy atom. The van der Waals surface area contributed by atoms with Crippen LogP contribution in [-0.2, 0) is 6.42 Å². The molecule has 0 atom stereocenters.